The van der Waals surface area contributed by atoms with Gasteiger partial charge in [-0.25, -0.2) is 14.9 Å². The van der Waals surface area contributed by atoms with E-state index in [-0.39, 0.29) is 24.6 Å². The van der Waals surface area contributed by atoms with E-state index in [0.29, 0.717) is 20.3 Å². The molecule has 1 aliphatic rings. The van der Waals surface area contributed by atoms with Gasteiger partial charge in [-0.2, -0.15) is 13.2 Å². The smallest absolute Gasteiger partial charge is 0.416 e. The van der Waals surface area contributed by atoms with Crippen molar-refractivity contribution >= 4 is 37.7 Å². The van der Waals surface area contributed by atoms with Crippen LogP contribution < -0.4 is 0 Å². The van der Waals surface area contributed by atoms with Gasteiger partial charge in [0.15, 0.2) is 12.6 Å². The number of halogens is 5. The normalized spacial score (nSPS) is 14.8. The Morgan fingerprint density at radius 3 is 2.44 bits per heavy atom. The number of aliphatic imine (C=N–C) groups is 1. The minimum atomic E-state index is -4.45. The Kier molecular flexibility index (Phi) is 5.08. The molecule has 1 heterocycles. The average Bonchev–Trinajstić information content (AvgIpc) is 3.00. The van der Waals surface area contributed by atoms with E-state index in [0.717, 1.165) is 6.07 Å². The molecule has 0 saturated carbocycles. The van der Waals surface area contributed by atoms with Gasteiger partial charge in [0.2, 0.25) is 0 Å². The number of nitrogens with zero attached hydrogens (tertiary/aromatic N) is 2. The summed E-state index contributed by atoms with van der Waals surface area (Å²) in [5.74, 6) is 0.413. The molecule has 0 atom stereocenters. The van der Waals surface area contributed by atoms with Crippen molar-refractivity contribution in [3.05, 3.63) is 62.0 Å². The molecule has 0 aromatic heterocycles. The molecule has 0 spiro atoms. The summed E-state index contributed by atoms with van der Waals surface area (Å²) in [7, 11) is 0. The predicted molar refractivity (Wildman–Crippen MR) is 93.0 cm³/mol. The second-order valence-electron chi connectivity index (χ2n) is 5.22. The van der Waals surface area contributed by atoms with Crippen LogP contribution in [0, 0.1) is 0 Å². The predicted octanol–water partition coefficient (Wildman–Crippen LogP) is 5.09. The molecule has 9 heteroatoms. The van der Waals surface area contributed by atoms with Crippen LogP contribution in [0.4, 0.5) is 13.2 Å². The van der Waals surface area contributed by atoms with Gasteiger partial charge in [0, 0.05) is 5.56 Å². The van der Waals surface area contributed by atoms with Crippen LogP contribution in [0.3, 0.4) is 0 Å². The number of alkyl halides is 3. The quantitative estimate of drug-likeness (QED) is 0.667. The molecule has 0 bridgehead atoms. The van der Waals surface area contributed by atoms with Crippen molar-refractivity contribution in [2.45, 2.75) is 12.7 Å². The first-order chi connectivity index (χ1) is 11.8. The molecule has 3 rings (SSSR count). The SMILES string of the molecule is Oc1c(Br)cc(C2=NCON2Cc2ccccc2C(F)(F)F)cc1Br. The van der Waals surface area contributed by atoms with Gasteiger partial charge in [0.1, 0.15) is 5.75 Å². The van der Waals surface area contributed by atoms with Crippen molar-refractivity contribution in [2.75, 3.05) is 6.73 Å². The zero-order valence-corrected chi connectivity index (χ0v) is 15.7. The summed E-state index contributed by atoms with van der Waals surface area (Å²) in [6, 6.07) is 8.58. The van der Waals surface area contributed by atoms with Crippen LogP contribution in [0.15, 0.2) is 50.3 Å². The summed E-state index contributed by atoms with van der Waals surface area (Å²) >= 11 is 6.45. The molecule has 0 radical (unpaired) electrons. The Labute approximate surface area is 158 Å². The number of phenolic OH excluding ortho intramolecular Hbond substituents is 1. The molecular formula is C16H11Br2F3N2O2. The first kappa shape index (κ1) is 18.2. The molecule has 0 saturated heterocycles. The fourth-order valence-electron chi connectivity index (χ4n) is 2.44. The maximum atomic E-state index is 13.2. The lowest BCUT2D eigenvalue weighted by molar-refractivity contribution is -0.139. The Balaban J connectivity index is 1.92. The minimum absolute atomic E-state index is 0.0135. The van der Waals surface area contributed by atoms with Gasteiger partial charge in [0.05, 0.1) is 21.1 Å². The largest absolute Gasteiger partial charge is 0.506 e. The topological polar surface area (TPSA) is 45.1 Å². The maximum absolute atomic E-state index is 13.2. The molecular weight excluding hydrogens is 469 g/mol. The highest BCUT2D eigenvalue weighted by Crippen LogP contribution is 2.35. The summed E-state index contributed by atoms with van der Waals surface area (Å²) in [5, 5.41) is 11.1. The van der Waals surface area contributed by atoms with Crippen molar-refractivity contribution in [1.82, 2.24) is 5.06 Å². The Bertz CT molecular complexity index is 817. The zero-order chi connectivity index (χ0) is 18.2. The first-order valence-corrected chi connectivity index (χ1v) is 8.64. The van der Waals surface area contributed by atoms with Crippen molar-refractivity contribution in [2.24, 2.45) is 4.99 Å². The molecule has 1 N–H and O–H groups in total. The van der Waals surface area contributed by atoms with Crippen LogP contribution in [0.1, 0.15) is 16.7 Å². The molecule has 0 unspecified atom stereocenters. The summed E-state index contributed by atoms with van der Waals surface area (Å²) < 4.78 is 40.4. The molecule has 25 heavy (non-hydrogen) atoms. The minimum Gasteiger partial charge on any atom is -0.506 e. The number of aromatic hydroxyl groups is 1. The molecule has 4 nitrogen and oxygen atoms in total. The number of rotatable bonds is 3. The molecule has 132 valence electrons. The van der Waals surface area contributed by atoms with E-state index in [1.54, 1.807) is 18.2 Å². The third-order valence-electron chi connectivity index (χ3n) is 3.58. The monoisotopic (exact) mass is 478 g/mol. The highest BCUT2D eigenvalue weighted by atomic mass is 79.9. The molecule has 2 aromatic carbocycles. The highest BCUT2D eigenvalue weighted by Gasteiger charge is 2.34. The van der Waals surface area contributed by atoms with Gasteiger partial charge in [-0.15, -0.1) is 0 Å². The summed E-state index contributed by atoms with van der Waals surface area (Å²) in [5.41, 5.74) is -0.0297. The number of hydrogen-bond donors (Lipinski definition) is 1. The average molecular weight is 480 g/mol. The van der Waals surface area contributed by atoms with E-state index in [2.05, 4.69) is 36.9 Å². The summed E-state index contributed by atoms with van der Waals surface area (Å²) in [6.07, 6.45) is -4.45. The van der Waals surface area contributed by atoms with E-state index >= 15 is 0 Å². The Morgan fingerprint density at radius 1 is 1.16 bits per heavy atom. The second-order valence-corrected chi connectivity index (χ2v) is 6.93. The fraction of sp³-hybridized carbons (Fsp3) is 0.188. The van der Waals surface area contributed by atoms with Gasteiger partial charge >= 0.3 is 6.18 Å². The van der Waals surface area contributed by atoms with Crippen molar-refractivity contribution in [3.63, 3.8) is 0 Å². The standard InChI is InChI=1S/C16H11Br2F3N2O2/c17-12-5-10(6-13(18)14(12)24)15-22-8-25-23(15)7-9-3-1-2-4-11(9)16(19,20)21/h1-6,24H,7-8H2. The van der Waals surface area contributed by atoms with Crippen molar-refractivity contribution < 1.29 is 23.1 Å². The van der Waals surface area contributed by atoms with Crippen LogP contribution in [0.5, 0.6) is 5.75 Å². The lowest BCUT2D eigenvalue weighted by Gasteiger charge is -2.21. The molecule has 2 aromatic rings. The molecule has 0 fully saturated rings. The summed E-state index contributed by atoms with van der Waals surface area (Å²) in [6.45, 7) is -0.0930. The molecule has 1 aliphatic heterocycles. The van der Waals surface area contributed by atoms with Crippen LogP contribution in [-0.2, 0) is 17.6 Å². The van der Waals surface area contributed by atoms with Crippen LogP contribution in [0.2, 0.25) is 0 Å². The Morgan fingerprint density at radius 2 is 1.80 bits per heavy atom. The van der Waals surface area contributed by atoms with Crippen molar-refractivity contribution in [1.29, 1.82) is 0 Å². The molecule has 0 amide bonds. The van der Waals surface area contributed by atoms with E-state index in [9.17, 15) is 18.3 Å². The maximum Gasteiger partial charge on any atom is 0.416 e. The van der Waals surface area contributed by atoms with Crippen molar-refractivity contribution in [3.8, 4) is 5.75 Å². The lowest BCUT2D eigenvalue weighted by atomic mass is 10.1. The van der Waals surface area contributed by atoms with Crippen LogP contribution in [0.25, 0.3) is 0 Å². The number of phenols is 1. The summed E-state index contributed by atoms with van der Waals surface area (Å²) in [4.78, 5) is 9.57. The molecule has 0 aliphatic carbocycles. The van der Waals surface area contributed by atoms with Gasteiger partial charge in [-0.1, -0.05) is 18.2 Å². The zero-order valence-electron chi connectivity index (χ0n) is 12.5. The number of hydroxylamine groups is 2. The number of hydrogen-bond acceptors (Lipinski definition) is 4. The highest BCUT2D eigenvalue weighted by molar-refractivity contribution is 9.11. The van der Waals surface area contributed by atoms with E-state index in [1.165, 1.54) is 17.2 Å². The third kappa shape index (κ3) is 3.83. The van der Waals surface area contributed by atoms with Gasteiger partial charge < -0.3 is 5.11 Å². The van der Waals surface area contributed by atoms with Crippen LogP contribution in [-0.4, -0.2) is 22.7 Å². The van der Waals surface area contributed by atoms with Gasteiger partial charge in [0.25, 0.3) is 0 Å². The van der Waals surface area contributed by atoms with Crippen LogP contribution >= 0.6 is 31.9 Å². The van der Waals surface area contributed by atoms with E-state index < -0.39 is 11.7 Å². The van der Waals surface area contributed by atoms with Gasteiger partial charge in [-0.05, 0) is 55.6 Å². The van der Waals surface area contributed by atoms with E-state index in [1.807, 2.05) is 0 Å². The number of benzene rings is 2. The van der Waals surface area contributed by atoms with Gasteiger partial charge in [-0.3, -0.25) is 0 Å². The third-order valence-corrected chi connectivity index (χ3v) is 4.78. The second kappa shape index (κ2) is 6.97. The fourth-order valence-corrected chi connectivity index (χ4v) is 3.63. The Hall–Kier alpha value is -1.58. The van der Waals surface area contributed by atoms with E-state index in [4.69, 9.17) is 4.84 Å². The first-order valence-electron chi connectivity index (χ1n) is 7.06. The lowest BCUT2D eigenvalue weighted by Crippen LogP contribution is -2.27. The number of amidine groups is 1.